The van der Waals surface area contributed by atoms with Gasteiger partial charge >= 0.3 is 10.5 Å². The molecular formula is HFO3SU. The van der Waals surface area contributed by atoms with E-state index in [9.17, 15) is 3.89 Å². The zero-order valence-corrected chi connectivity index (χ0v) is 7.53. The minimum atomic E-state index is -5.17. The van der Waals surface area contributed by atoms with Gasteiger partial charge in [0.05, 0.1) is 0 Å². The summed E-state index contributed by atoms with van der Waals surface area (Å²) in [4.78, 5) is 0. The van der Waals surface area contributed by atoms with Gasteiger partial charge in [-0.3, -0.25) is 4.55 Å². The van der Waals surface area contributed by atoms with Crippen LogP contribution < -0.4 is 0 Å². The molecule has 0 atom stereocenters. The van der Waals surface area contributed by atoms with E-state index in [4.69, 9.17) is 13.0 Å². The molecule has 0 aromatic rings. The monoisotopic (exact) mass is 338 g/mol. The summed E-state index contributed by atoms with van der Waals surface area (Å²) in [6, 6.07) is 0. The summed E-state index contributed by atoms with van der Waals surface area (Å²) in [5.74, 6) is 0. The topological polar surface area (TPSA) is 54.4 Å². The van der Waals surface area contributed by atoms with E-state index in [1.54, 1.807) is 0 Å². The van der Waals surface area contributed by atoms with Crippen LogP contribution in [0.4, 0.5) is 3.89 Å². The van der Waals surface area contributed by atoms with Crippen LogP contribution in [0.5, 0.6) is 0 Å². The van der Waals surface area contributed by atoms with E-state index < -0.39 is 10.5 Å². The summed E-state index contributed by atoms with van der Waals surface area (Å²) < 4.78 is 34.1. The van der Waals surface area contributed by atoms with E-state index in [1.807, 2.05) is 0 Å². The van der Waals surface area contributed by atoms with Crippen molar-refractivity contribution in [3.8, 4) is 0 Å². The van der Waals surface area contributed by atoms with Gasteiger partial charge in [-0.05, 0) is 0 Å². The SMILES string of the molecule is O=S(=O)(O)F.[U]. The van der Waals surface area contributed by atoms with Crippen molar-refractivity contribution in [3.05, 3.63) is 0 Å². The van der Waals surface area contributed by atoms with Gasteiger partial charge in [-0.15, -0.1) is 0 Å². The predicted octanol–water partition coefficient (Wildman–Crippen LogP) is -0.241. The van der Waals surface area contributed by atoms with Crippen molar-refractivity contribution in [2.75, 3.05) is 0 Å². The van der Waals surface area contributed by atoms with Crippen molar-refractivity contribution in [3.63, 3.8) is 0 Å². The van der Waals surface area contributed by atoms with Crippen LogP contribution in [-0.4, -0.2) is 13.0 Å². The first-order valence-electron chi connectivity index (χ1n) is 0.670. The van der Waals surface area contributed by atoms with E-state index in [2.05, 4.69) is 0 Å². The molecule has 0 aliphatic carbocycles. The summed E-state index contributed by atoms with van der Waals surface area (Å²) in [7, 11) is -5.17. The summed E-state index contributed by atoms with van der Waals surface area (Å²) in [6.45, 7) is 0. The van der Waals surface area contributed by atoms with Gasteiger partial charge < -0.3 is 0 Å². The summed E-state index contributed by atoms with van der Waals surface area (Å²) >= 11 is 0. The molecular weight excluding hydrogens is 337 g/mol. The zero-order valence-electron chi connectivity index (χ0n) is 2.55. The van der Waals surface area contributed by atoms with Gasteiger partial charge in [0, 0.05) is 31.1 Å². The number of hydrogen-bond acceptors (Lipinski definition) is 2. The molecule has 0 bridgehead atoms. The average Bonchev–Trinajstić information content (AvgIpc) is 0.722. The fourth-order valence-electron chi connectivity index (χ4n) is 0. The van der Waals surface area contributed by atoms with Crippen molar-refractivity contribution < 1.29 is 48.0 Å². The second kappa shape index (κ2) is 2.97. The van der Waals surface area contributed by atoms with Gasteiger partial charge in [0.2, 0.25) is 0 Å². The van der Waals surface area contributed by atoms with Gasteiger partial charge in [0.25, 0.3) is 0 Å². The molecule has 0 aromatic carbocycles. The standard InChI is InChI=1S/FHO3S.U/c1-5(2,3)4;/h(H,2,3,4);. The first-order valence-corrected chi connectivity index (χ1v) is 2.01. The Morgan fingerprint density at radius 1 is 1.50 bits per heavy atom. The fourth-order valence-corrected chi connectivity index (χ4v) is 0. The maximum absolute atomic E-state index is 10.2. The van der Waals surface area contributed by atoms with Crippen LogP contribution in [0.2, 0.25) is 0 Å². The summed E-state index contributed by atoms with van der Waals surface area (Å²) in [6.07, 6.45) is 0. The third-order valence-corrected chi connectivity index (χ3v) is 0. The van der Waals surface area contributed by atoms with Crippen molar-refractivity contribution in [1.29, 1.82) is 0 Å². The second-order valence-corrected chi connectivity index (χ2v) is 1.24. The molecule has 0 saturated heterocycles. The number of rotatable bonds is 0. The smallest absolute Gasteiger partial charge is 0.260 e. The van der Waals surface area contributed by atoms with E-state index in [0.717, 1.165) is 0 Å². The van der Waals surface area contributed by atoms with Crippen molar-refractivity contribution in [2.45, 2.75) is 0 Å². The van der Waals surface area contributed by atoms with Crippen LogP contribution in [0.25, 0.3) is 0 Å². The largest absolute Gasteiger partial charge is 0.435 e. The molecule has 3 nitrogen and oxygen atoms in total. The Kier molecular flexibility index (Phi) is 4.95. The third-order valence-electron chi connectivity index (χ3n) is 0. The van der Waals surface area contributed by atoms with Crippen LogP contribution in [0.3, 0.4) is 0 Å². The van der Waals surface area contributed by atoms with E-state index in [1.165, 1.54) is 0 Å². The van der Waals surface area contributed by atoms with E-state index in [0.29, 0.717) is 0 Å². The van der Waals surface area contributed by atoms with Crippen LogP contribution in [0.1, 0.15) is 0 Å². The average molecular weight is 338 g/mol. The Morgan fingerprint density at radius 2 is 1.50 bits per heavy atom. The van der Waals surface area contributed by atoms with Crippen molar-refractivity contribution in [1.82, 2.24) is 0 Å². The molecule has 0 spiro atoms. The molecule has 6 heavy (non-hydrogen) atoms. The first-order chi connectivity index (χ1) is 2.00. The Hall–Kier alpha value is 0.892. The van der Waals surface area contributed by atoms with Gasteiger partial charge in [0.15, 0.2) is 0 Å². The molecule has 0 radical (unpaired) electrons. The molecule has 0 aliphatic rings. The van der Waals surface area contributed by atoms with Gasteiger partial charge in [0.1, 0.15) is 0 Å². The first kappa shape index (κ1) is 10.00. The van der Waals surface area contributed by atoms with Gasteiger partial charge in [-0.25, -0.2) is 0 Å². The van der Waals surface area contributed by atoms with E-state index in [-0.39, 0.29) is 31.1 Å². The van der Waals surface area contributed by atoms with Gasteiger partial charge in [-0.2, -0.15) is 8.42 Å². The Balaban J connectivity index is 0. The van der Waals surface area contributed by atoms with E-state index >= 15 is 0 Å². The van der Waals surface area contributed by atoms with Crippen molar-refractivity contribution in [2.24, 2.45) is 0 Å². The molecule has 0 aromatic heterocycles. The maximum Gasteiger partial charge on any atom is 0.435 e. The number of hydrogen-bond donors (Lipinski definition) is 1. The Morgan fingerprint density at radius 3 is 1.50 bits per heavy atom. The summed E-state index contributed by atoms with van der Waals surface area (Å²) in [5, 5.41) is 0. The molecule has 0 saturated carbocycles. The molecule has 1 N–H and O–H groups in total. The minimum absolute atomic E-state index is 0. The summed E-state index contributed by atoms with van der Waals surface area (Å²) in [5.41, 5.74) is 0. The van der Waals surface area contributed by atoms with Crippen LogP contribution in [0, 0.1) is 31.1 Å². The fraction of sp³-hybridized carbons (Fsp3) is 0. The molecule has 0 heterocycles. The molecule has 0 aliphatic heterocycles. The zero-order chi connectivity index (χ0) is 4.50. The molecule has 0 rings (SSSR count). The van der Waals surface area contributed by atoms with Crippen LogP contribution in [0.15, 0.2) is 0 Å². The third kappa shape index (κ3) is 93.1. The predicted molar refractivity (Wildman–Crippen MR) is 12.7 cm³/mol. The molecule has 6 heteroatoms. The quantitative estimate of drug-likeness (QED) is 0.490. The minimum Gasteiger partial charge on any atom is -0.260 e. The maximum atomic E-state index is 10.2. The van der Waals surface area contributed by atoms with Crippen LogP contribution >= 0.6 is 0 Å². The Bertz CT molecular complexity index is 94.0. The normalized spacial score (nSPS) is 9.67. The molecule has 36 valence electrons. The number of halogens is 1. The molecule has 0 fully saturated rings. The Labute approximate surface area is 58.3 Å². The molecule has 0 amide bonds. The molecule has 0 unspecified atom stereocenters. The van der Waals surface area contributed by atoms with Crippen LogP contribution in [-0.2, 0) is 10.5 Å². The van der Waals surface area contributed by atoms with Gasteiger partial charge in [-0.1, -0.05) is 3.89 Å². The van der Waals surface area contributed by atoms with Crippen molar-refractivity contribution >= 4 is 10.5 Å². The second-order valence-electron chi connectivity index (χ2n) is 0.412.